The highest BCUT2D eigenvalue weighted by Gasteiger charge is 2.16. The van der Waals surface area contributed by atoms with Crippen LogP contribution < -0.4 is 5.32 Å². The summed E-state index contributed by atoms with van der Waals surface area (Å²) in [7, 11) is -2.26. The molecule has 0 bridgehead atoms. The number of rotatable bonds is 7. The van der Waals surface area contributed by atoms with Crippen molar-refractivity contribution in [3.05, 3.63) is 24.2 Å². The monoisotopic (exact) mass is 276 g/mol. The second kappa shape index (κ2) is 7.20. The van der Waals surface area contributed by atoms with Crippen LogP contribution in [0.3, 0.4) is 0 Å². The minimum absolute atomic E-state index is 0.0279. The fourth-order valence-electron chi connectivity index (χ4n) is 1.11. The van der Waals surface area contributed by atoms with Crippen LogP contribution in [-0.2, 0) is 4.79 Å². The van der Waals surface area contributed by atoms with Gasteiger partial charge in [-0.3, -0.25) is 20.1 Å². The van der Waals surface area contributed by atoms with Gasteiger partial charge in [-0.25, -0.2) is 5.06 Å². The Morgan fingerprint density at radius 2 is 2.17 bits per heavy atom. The van der Waals surface area contributed by atoms with Crippen LogP contribution in [0, 0.1) is 0 Å². The molecule has 0 fully saturated rings. The molecule has 0 saturated carbocycles. The Morgan fingerprint density at radius 1 is 1.44 bits per heavy atom. The van der Waals surface area contributed by atoms with E-state index in [0.717, 1.165) is 0 Å². The van der Waals surface area contributed by atoms with Gasteiger partial charge in [-0.2, -0.15) is 0 Å². The van der Waals surface area contributed by atoms with Crippen molar-refractivity contribution in [1.29, 1.82) is 0 Å². The average Bonchev–Trinajstić information content (AvgIpc) is 2.80. The first kappa shape index (κ1) is 14.7. The third-order valence-electron chi connectivity index (χ3n) is 1.87. The standard InChI is InChI=1S/C9H13N2O6P/c12-7(5-18(15)16)4-10-6-11(14)9(13)8-2-1-3-17-8/h1-3,10,14-16H,4-6H2. The summed E-state index contributed by atoms with van der Waals surface area (Å²) < 4.78 is 4.79. The molecule has 0 unspecified atom stereocenters. The number of amides is 1. The zero-order chi connectivity index (χ0) is 13.5. The van der Waals surface area contributed by atoms with Gasteiger partial charge in [0.25, 0.3) is 0 Å². The Balaban J connectivity index is 2.27. The van der Waals surface area contributed by atoms with Crippen LogP contribution in [0.2, 0.25) is 0 Å². The van der Waals surface area contributed by atoms with Gasteiger partial charge in [-0.15, -0.1) is 0 Å². The Bertz CT molecular complexity index is 394. The van der Waals surface area contributed by atoms with Crippen molar-refractivity contribution in [3.63, 3.8) is 0 Å². The molecule has 0 radical (unpaired) electrons. The van der Waals surface area contributed by atoms with E-state index in [-0.39, 0.29) is 25.1 Å². The van der Waals surface area contributed by atoms with Crippen LogP contribution in [0.25, 0.3) is 0 Å². The van der Waals surface area contributed by atoms with Gasteiger partial charge in [0.15, 0.2) is 19.9 Å². The van der Waals surface area contributed by atoms with Crippen molar-refractivity contribution >= 4 is 20.1 Å². The minimum Gasteiger partial charge on any atom is -0.459 e. The van der Waals surface area contributed by atoms with Crippen LogP contribution >= 0.6 is 8.38 Å². The molecule has 100 valence electrons. The van der Waals surface area contributed by atoms with Gasteiger partial charge >= 0.3 is 5.91 Å². The zero-order valence-corrected chi connectivity index (χ0v) is 10.2. The third kappa shape index (κ3) is 4.91. The van der Waals surface area contributed by atoms with E-state index in [4.69, 9.17) is 14.2 Å². The summed E-state index contributed by atoms with van der Waals surface area (Å²) in [5.74, 6) is -1.20. The summed E-state index contributed by atoms with van der Waals surface area (Å²) in [6.45, 7) is -0.456. The smallest absolute Gasteiger partial charge is 0.314 e. The Labute approximate surface area is 104 Å². The molecule has 0 spiro atoms. The maximum atomic E-state index is 11.4. The number of hydroxylamine groups is 2. The summed E-state index contributed by atoms with van der Waals surface area (Å²) in [5, 5.41) is 12.2. The summed E-state index contributed by atoms with van der Waals surface area (Å²) >= 11 is 0. The highest BCUT2D eigenvalue weighted by molar-refractivity contribution is 7.46. The van der Waals surface area contributed by atoms with Gasteiger partial charge in [-0.05, 0) is 12.1 Å². The SMILES string of the molecule is O=C(CNCN(O)C(=O)c1ccco1)CP(O)O. The third-order valence-corrected chi connectivity index (χ3v) is 2.50. The first-order valence-electron chi connectivity index (χ1n) is 4.92. The summed E-state index contributed by atoms with van der Waals surface area (Å²) in [4.78, 5) is 39.7. The fourth-order valence-corrected chi connectivity index (χ4v) is 1.54. The van der Waals surface area contributed by atoms with Gasteiger partial charge in [0.05, 0.1) is 25.6 Å². The van der Waals surface area contributed by atoms with E-state index in [0.29, 0.717) is 5.06 Å². The number of nitrogens with one attached hydrogen (secondary N) is 1. The predicted octanol–water partition coefficient (Wildman–Crippen LogP) is -0.476. The molecule has 4 N–H and O–H groups in total. The number of hydrogen-bond donors (Lipinski definition) is 4. The second-order valence-electron chi connectivity index (χ2n) is 3.34. The molecule has 9 heteroatoms. The maximum absolute atomic E-state index is 11.4. The molecule has 0 aliphatic heterocycles. The van der Waals surface area contributed by atoms with E-state index in [1.165, 1.54) is 18.4 Å². The highest BCUT2D eigenvalue weighted by atomic mass is 31.2. The van der Waals surface area contributed by atoms with E-state index in [2.05, 4.69) is 5.32 Å². The maximum Gasteiger partial charge on any atom is 0.314 e. The summed E-state index contributed by atoms with van der Waals surface area (Å²) in [6.07, 6.45) is 0.947. The molecular formula is C9H13N2O6P. The number of hydrogen-bond acceptors (Lipinski definition) is 7. The topological polar surface area (TPSA) is 123 Å². The molecule has 0 atom stereocenters. The first-order chi connectivity index (χ1) is 8.50. The molecule has 1 aromatic rings. The number of nitrogens with zero attached hydrogens (tertiary/aromatic N) is 1. The van der Waals surface area contributed by atoms with Crippen molar-refractivity contribution < 1.29 is 29.0 Å². The Kier molecular flexibility index (Phi) is 5.90. The second-order valence-corrected chi connectivity index (χ2v) is 4.40. The van der Waals surface area contributed by atoms with E-state index >= 15 is 0 Å². The van der Waals surface area contributed by atoms with Crippen LogP contribution in [0.1, 0.15) is 10.6 Å². The molecule has 0 aliphatic rings. The highest BCUT2D eigenvalue weighted by Crippen LogP contribution is 2.21. The molecule has 1 amide bonds. The van der Waals surface area contributed by atoms with Crippen LogP contribution in [0.5, 0.6) is 0 Å². The van der Waals surface area contributed by atoms with E-state index in [1.807, 2.05) is 0 Å². The van der Waals surface area contributed by atoms with Gasteiger partial charge in [0.2, 0.25) is 0 Å². The lowest BCUT2D eigenvalue weighted by molar-refractivity contribution is -0.116. The van der Waals surface area contributed by atoms with Crippen LogP contribution in [-0.4, -0.2) is 51.1 Å². The van der Waals surface area contributed by atoms with Crippen molar-refractivity contribution in [2.75, 3.05) is 19.4 Å². The lowest BCUT2D eigenvalue weighted by Gasteiger charge is -2.13. The summed E-state index contributed by atoms with van der Waals surface area (Å²) in [6, 6.07) is 2.89. The molecule has 1 rings (SSSR count). The Hall–Kier alpha value is -1.31. The van der Waals surface area contributed by atoms with Gasteiger partial charge in [0, 0.05) is 0 Å². The van der Waals surface area contributed by atoms with Crippen molar-refractivity contribution in [2.45, 2.75) is 0 Å². The molecule has 18 heavy (non-hydrogen) atoms. The van der Waals surface area contributed by atoms with Gasteiger partial charge in [-0.1, -0.05) is 0 Å². The largest absolute Gasteiger partial charge is 0.459 e. The number of Topliss-reactive ketones (excluding diaryl/α,β-unsaturated/α-hetero) is 1. The fraction of sp³-hybridized carbons (Fsp3) is 0.333. The molecular weight excluding hydrogens is 263 g/mol. The zero-order valence-electron chi connectivity index (χ0n) is 9.31. The molecule has 0 aromatic carbocycles. The molecule has 8 nitrogen and oxygen atoms in total. The number of carbonyl (C=O) groups excluding carboxylic acids is 2. The number of carbonyl (C=O) groups is 2. The molecule has 1 aromatic heterocycles. The van der Waals surface area contributed by atoms with Crippen molar-refractivity contribution in [3.8, 4) is 0 Å². The minimum atomic E-state index is -2.26. The Morgan fingerprint density at radius 3 is 2.72 bits per heavy atom. The molecule has 1 heterocycles. The van der Waals surface area contributed by atoms with Gasteiger partial charge < -0.3 is 14.2 Å². The average molecular weight is 276 g/mol. The van der Waals surface area contributed by atoms with E-state index in [1.54, 1.807) is 0 Å². The van der Waals surface area contributed by atoms with Crippen LogP contribution in [0.15, 0.2) is 22.8 Å². The van der Waals surface area contributed by atoms with Crippen molar-refractivity contribution in [2.24, 2.45) is 0 Å². The quantitative estimate of drug-likeness (QED) is 0.229. The van der Waals surface area contributed by atoms with Crippen molar-refractivity contribution in [1.82, 2.24) is 10.4 Å². The predicted molar refractivity (Wildman–Crippen MR) is 60.8 cm³/mol. The number of ketones is 1. The number of furan rings is 1. The normalized spacial score (nSPS) is 10.7. The lowest BCUT2D eigenvalue weighted by Crippen LogP contribution is -2.38. The first-order valence-corrected chi connectivity index (χ1v) is 6.36. The lowest BCUT2D eigenvalue weighted by atomic mass is 10.4. The van der Waals surface area contributed by atoms with E-state index < -0.39 is 20.1 Å². The molecule has 0 aliphatic carbocycles. The van der Waals surface area contributed by atoms with Crippen LogP contribution in [0.4, 0.5) is 0 Å². The van der Waals surface area contributed by atoms with E-state index in [9.17, 15) is 14.8 Å². The van der Waals surface area contributed by atoms with Gasteiger partial charge in [0.1, 0.15) is 0 Å². The summed E-state index contributed by atoms with van der Waals surface area (Å²) in [5.41, 5.74) is 0. The molecule has 0 saturated heterocycles.